The van der Waals surface area contributed by atoms with Crippen molar-refractivity contribution in [2.75, 3.05) is 5.32 Å². The molecule has 7 heteroatoms. The summed E-state index contributed by atoms with van der Waals surface area (Å²) in [5, 5.41) is 7.26. The van der Waals surface area contributed by atoms with Crippen LogP contribution in [0.25, 0.3) is 0 Å². The summed E-state index contributed by atoms with van der Waals surface area (Å²) in [6, 6.07) is 7.05. The summed E-state index contributed by atoms with van der Waals surface area (Å²) in [7, 11) is -1.61. The standard InChI is InChI=1S/C14H18N4O2S/c1-18-10-11(9-16-18)8-15-13-4-2-3-5-14(13)21(19,20)17-12-6-7-12/h2-5,9-10,12,15,17H,6-8H2,1H3. The summed E-state index contributed by atoms with van der Waals surface area (Å²) in [5.41, 5.74) is 1.61. The van der Waals surface area contributed by atoms with Crippen molar-refractivity contribution < 1.29 is 8.42 Å². The van der Waals surface area contributed by atoms with Crippen LogP contribution in [0.5, 0.6) is 0 Å². The maximum atomic E-state index is 12.4. The predicted octanol–water partition coefficient (Wildman–Crippen LogP) is 1.47. The molecule has 2 N–H and O–H groups in total. The summed E-state index contributed by atoms with van der Waals surface area (Å²) >= 11 is 0. The molecule has 1 fully saturated rings. The molecular weight excluding hydrogens is 288 g/mol. The van der Waals surface area contributed by atoms with Gasteiger partial charge in [0, 0.05) is 31.4 Å². The van der Waals surface area contributed by atoms with Crippen molar-refractivity contribution in [3.63, 3.8) is 0 Å². The molecule has 0 bridgehead atoms. The highest BCUT2D eigenvalue weighted by molar-refractivity contribution is 7.89. The number of rotatable bonds is 6. The highest BCUT2D eigenvalue weighted by atomic mass is 32.2. The van der Waals surface area contributed by atoms with E-state index in [2.05, 4.69) is 15.1 Å². The van der Waals surface area contributed by atoms with E-state index in [1.165, 1.54) is 0 Å². The van der Waals surface area contributed by atoms with E-state index in [9.17, 15) is 8.42 Å². The van der Waals surface area contributed by atoms with Crippen LogP contribution in [-0.4, -0.2) is 24.2 Å². The normalized spacial score (nSPS) is 15.1. The van der Waals surface area contributed by atoms with E-state index >= 15 is 0 Å². The monoisotopic (exact) mass is 306 g/mol. The summed E-state index contributed by atoms with van der Waals surface area (Å²) in [6.45, 7) is 0.532. The van der Waals surface area contributed by atoms with Gasteiger partial charge in [-0.15, -0.1) is 0 Å². The number of aromatic nitrogens is 2. The highest BCUT2D eigenvalue weighted by Gasteiger charge is 2.29. The van der Waals surface area contributed by atoms with Gasteiger partial charge in [-0.1, -0.05) is 12.1 Å². The molecule has 1 aliphatic carbocycles. The minimum atomic E-state index is -3.46. The Morgan fingerprint density at radius 2 is 2.10 bits per heavy atom. The topological polar surface area (TPSA) is 76.0 Å². The highest BCUT2D eigenvalue weighted by Crippen LogP contribution is 2.26. The Morgan fingerprint density at radius 3 is 2.76 bits per heavy atom. The lowest BCUT2D eigenvalue weighted by Gasteiger charge is -2.12. The molecule has 112 valence electrons. The first kappa shape index (κ1) is 14.1. The molecule has 2 aromatic rings. The fourth-order valence-electron chi connectivity index (χ4n) is 2.09. The second-order valence-corrected chi connectivity index (χ2v) is 6.95. The molecule has 0 aliphatic heterocycles. The molecule has 1 aromatic heterocycles. The van der Waals surface area contributed by atoms with E-state index in [4.69, 9.17) is 0 Å². The first-order valence-electron chi connectivity index (χ1n) is 6.87. The van der Waals surface area contributed by atoms with Crippen molar-refractivity contribution in [2.45, 2.75) is 30.3 Å². The zero-order valence-corrected chi connectivity index (χ0v) is 12.6. The minimum absolute atomic E-state index is 0.0985. The van der Waals surface area contributed by atoms with Gasteiger partial charge in [-0.05, 0) is 25.0 Å². The number of nitrogens with zero attached hydrogens (tertiary/aromatic N) is 2. The Hall–Kier alpha value is -1.86. The minimum Gasteiger partial charge on any atom is -0.380 e. The smallest absolute Gasteiger partial charge is 0.242 e. The van der Waals surface area contributed by atoms with Crippen LogP contribution < -0.4 is 10.0 Å². The molecule has 1 heterocycles. The van der Waals surface area contributed by atoms with Crippen LogP contribution in [0.15, 0.2) is 41.6 Å². The summed E-state index contributed by atoms with van der Waals surface area (Å²) in [5.74, 6) is 0. The van der Waals surface area contributed by atoms with E-state index in [1.807, 2.05) is 19.3 Å². The average Bonchev–Trinajstić information content (AvgIpc) is 3.15. The van der Waals surface area contributed by atoms with Gasteiger partial charge in [-0.2, -0.15) is 5.10 Å². The van der Waals surface area contributed by atoms with Gasteiger partial charge in [0.15, 0.2) is 0 Å². The van der Waals surface area contributed by atoms with E-state index in [-0.39, 0.29) is 6.04 Å². The molecular formula is C14H18N4O2S. The molecule has 1 saturated carbocycles. The molecule has 0 spiro atoms. The number of sulfonamides is 1. The van der Waals surface area contributed by atoms with E-state index in [0.29, 0.717) is 17.1 Å². The van der Waals surface area contributed by atoms with Gasteiger partial charge in [-0.25, -0.2) is 13.1 Å². The Bertz CT molecular complexity index is 735. The number of anilines is 1. The molecule has 0 radical (unpaired) electrons. The third-order valence-electron chi connectivity index (χ3n) is 3.32. The maximum absolute atomic E-state index is 12.4. The van der Waals surface area contributed by atoms with Crippen molar-refractivity contribution in [3.05, 3.63) is 42.2 Å². The molecule has 6 nitrogen and oxygen atoms in total. The predicted molar refractivity (Wildman–Crippen MR) is 80.3 cm³/mol. The van der Waals surface area contributed by atoms with Crippen molar-refractivity contribution >= 4 is 15.7 Å². The second-order valence-electron chi connectivity index (χ2n) is 5.27. The largest absolute Gasteiger partial charge is 0.380 e. The SMILES string of the molecule is Cn1cc(CNc2ccccc2S(=O)(=O)NC2CC2)cn1. The zero-order chi connectivity index (χ0) is 14.9. The maximum Gasteiger partial charge on any atom is 0.242 e. The van der Waals surface area contributed by atoms with Crippen LogP contribution in [0.2, 0.25) is 0 Å². The Morgan fingerprint density at radius 1 is 1.33 bits per heavy atom. The van der Waals surface area contributed by atoms with Gasteiger partial charge >= 0.3 is 0 Å². The molecule has 3 rings (SSSR count). The van der Waals surface area contributed by atoms with Crippen LogP contribution in [0.1, 0.15) is 18.4 Å². The third kappa shape index (κ3) is 3.43. The Kier molecular flexibility index (Phi) is 3.69. The Labute approximate surface area is 124 Å². The van der Waals surface area contributed by atoms with E-state index in [1.54, 1.807) is 29.1 Å². The molecule has 0 atom stereocenters. The van der Waals surface area contributed by atoms with Crippen molar-refractivity contribution in [3.8, 4) is 0 Å². The molecule has 1 aliphatic rings. The first-order chi connectivity index (χ1) is 10.0. The number of nitrogens with one attached hydrogen (secondary N) is 2. The molecule has 0 saturated heterocycles. The van der Waals surface area contributed by atoms with Crippen molar-refractivity contribution in [1.29, 1.82) is 0 Å². The lowest BCUT2D eigenvalue weighted by atomic mass is 10.3. The van der Waals surface area contributed by atoms with Crippen LogP contribution in [0.4, 0.5) is 5.69 Å². The quantitative estimate of drug-likeness (QED) is 0.847. The number of hydrogen-bond acceptors (Lipinski definition) is 4. The van der Waals surface area contributed by atoms with Gasteiger partial charge in [0.05, 0.1) is 11.9 Å². The van der Waals surface area contributed by atoms with E-state index in [0.717, 1.165) is 18.4 Å². The fraction of sp³-hybridized carbons (Fsp3) is 0.357. The lowest BCUT2D eigenvalue weighted by Crippen LogP contribution is -2.26. The average molecular weight is 306 g/mol. The summed E-state index contributed by atoms with van der Waals surface area (Å²) in [4.78, 5) is 0.292. The fourth-order valence-corrected chi connectivity index (χ4v) is 3.58. The third-order valence-corrected chi connectivity index (χ3v) is 4.90. The van der Waals surface area contributed by atoms with Gasteiger partial charge in [-0.3, -0.25) is 4.68 Å². The van der Waals surface area contributed by atoms with E-state index < -0.39 is 10.0 Å². The second kappa shape index (κ2) is 5.50. The molecule has 0 unspecified atom stereocenters. The van der Waals surface area contributed by atoms with Crippen LogP contribution in [-0.2, 0) is 23.6 Å². The first-order valence-corrected chi connectivity index (χ1v) is 8.36. The van der Waals surface area contributed by atoms with Crippen LogP contribution in [0, 0.1) is 0 Å². The van der Waals surface area contributed by atoms with Gasteiger partial charge < -0.3 is 5.32 Å². The number of benzene rings is 1. The summed E-state index contributed by atoms with van der Waals surface area (Å²) in [6.07, 6.45) is 5.49. The van der Waals surface area contributed by atoms with Gasteiger partial charge in [0.25, 0.3) is 0 Å². The van der Waals surface area contributed by atoms with Gasteiger partial charge in [0.2, 0.25) is 10.0 Å². The van der Waals surface area contributed by atoms with Crippen LogP contribution in [0.3, 0.4) is 0 Å². The summed E-state index contributed by atoms with van der Waals surface area (Å²) < 4.78 is 29.1. The van der Waals surface area contributed by atoms with Crippen LogP contribution >= 0.6 is 0 Å². The van der Waals surface area contributed by atoms with Gasteiger partial charge in [0.1, 0.15) is 4.90 Å². The number of hydrogen-bond donors (Lipinski definition) is 2. The Balaban J connectivity index is 1.78. The van der Waals surface area contributed by atoms with Crippen molar-refractivity contribution in [1.82, 2.24) is 14.5 Å². The molecule has 1 aromatic carbocycles. The number of para-hydroxylation sites is 1. The van der Waals surface area contributed by atoms with Crippen molar-refractivity contribution in [2.24, 2.45) is 7.05 Å². The molecule has 0 amide bonds. The number of aryl methyl sites for hydroxylation is 1. The lowest BCUT2D eigenvalue weighted by molar-refractivity contribution is 0.581. The molecule has 21 heavy (non-hydrogen) atoms. The zero-order valence-electron chi connectivity index (χ0n) is 11.8.